The third kappa shape index (κ3) is 1.68. The zero-order valence-corrected chi connectivity index (χ0v) is 10.8. The van der Waals surface area contributed by atoms with Gasteiger partial charge in [0.05, 0.1) is 17.1 Å². The van der Waals surface area contributed by atoms with E-state index < -0.39 is 0 Å². The summed E-state index contributed by atoms with van der Waals surface area (Å²) in [5.41, 5.74) is 6.38. The van der Waals surface area contributed by atoms with Gasteiger partial charge in [0.25, 0.3) is 0 Å². The highest BCUT2D eigenvalue weighted by Gasteiger charge is 2.11. The molecule has 90 valence electrons. The fraction of sp³-hybridized carbons (Fsp3) is 0.200. The van der Waals surface area contributed by atoms with Crippen LogP contribution in [0.3, 0.4) is 0 Å². The van der Waals surface area contributed by atoms with Crippen molar-refractivity contribution in [1.82, 2.24) is 15.0 Å². The molecule has 1 N–H and O–H groups in total. The Morgan fingerprint density at radius 1 is 1.11 bits per heavy atom. The molecule has 0 aliphatic heterocycles. The molecule has 0 saturated heterocycles. The lowest BCUT2D eigenvalue weighted by molar-refractivity contribution is 1.07. The normalized spacial score (nSPS) is 11.1. The minimum absolute atomic E-state index is 0.942. The van der Waals surface area contributed by atoms with Crippen LogP contribution in [-0.2, 0) is 0 Å². The first-order valence-electron chi connectivity index (χ1n) is 6.03. The van der Waals surface area contributed by atoms with Gasteiger partial charge in [0.1, 0.15) is 0 Å². The number of H-pyrrole nitrogens is 1. The Bertz CT molecular complexity index is 726. The zero-order valence-electron chi connectivity index (χ0n) is 10.8. The van der Waals surface area contributed by atoms with Gasteiger partial charge in [-0.05, 0) is 32.9 Å². The van der Waals surface area contributed by atoms with Crippen LogP contribution in [-0.4, -0.2) is 15.0 Å². The molecule has 2 heterocycles. The lowest BCUT2D eigenvalue weighted by Gasteiger charge is -2.04. The first kappa shape index (κ1) is 11.0. The molecule has 0 saturated carbocycles. The Morgan fingerprint density at radius 2 is 1.94 bits per heavy atom. The van der Waals surface area contributed by atoms with E-state index in [4.69, 9.17) is 0 Å². The van der Waals surface area contributed by atoms with Gasteiger partial charge in [-0.25, -0.2) is 4.98 Å². The van der Waals surface area contributed by atoms with Crippen molar-refractivity contribution in [2.45, 2.75) is 20.8 Å². The van der Waals surface area contributed by atoms with Crippen LogP contribution in [0.15, 0.2) is 30.6 Å². The molecule has 0 aliphatic carbocycles. The molecule has 1 aromatic carbocycles. The maximum absolute atomic E-state index is 4.61. The van der Waals surface area contributed by atoms with E-state index in [9.17, 15) is 0 Å². The number of nitrogens with one attached hydrogen (secondary N) is 1. The average Bonchev–Trinajstić information content (AvgIpc) is 2.75. The molecule has 3 heteroatoms. The summed E-state index contributed by atoms with van der Waals surface area (Å²) in [5.74, 6) is 0. The van der Waals surface area contributed by atoms with Crippen molar-refractivity contribution < 1.29 is 0 Å². The number of benzene rings is 1. The Kier molecular flexibility index (Phi) is 2.40. The summed E-state index contributed by atoms with van der Waals surface area (Å²) in [7, 11) is 0. The topological polar surface area (TPSA) is 41.6 Å². The van der Waals surface area contributed by atoms with Crippen LogP contribution in [0.2, 0.25) is 0 Å². The Hall–Kier alpha value is -2.16. The number of hydrogen-bond acceptors (Lipinski definition) is 2. The molecule has 0 spiro atoms. The van der Waals surface area contributed by atoms with Gasteiger partial charge in [-0.15, -0.1) is 0 Å². The molecular weight excluding hydrogens is 222 g/mol. The van der Waals surface area contributed by atoms with Crippen LogP contribution in [0, 0.1) is 20.8 Å². The van der Waals surface area contributed by atoms with Gasteiger partial charge >= 0.3 is 0 Å². The molecule has 0 fully saturated rings. The van der Waals surface area contributed by atoms with Crippen molar-refractivity contribution in [1.29, 1.82) is 0 Å². The molecule has 0 atom stereocenters. The standard InChI is InChI=1S/C15H15N3/c1-9-4-5-14-12(6-9)13(8-17-14)15-11(3)16-7-10(2)18-15/h4-8,17H,1-3H3. The highest BCUT2D eigenvalue weighted by Crippen LogP contribution is 2.29. The molecule has 0 aliphatic rings. The quantitative estimate of drug-likeness (QED) is 0.703. The van der Waals surface area contributed by atoms with Crippen molar-refractivity contribution in [3.63, 3.8) is 0 Å². The smallest absolute Gasteiger partial charge is 0.0939 e. The number of hydrogen-bond donors (Lipinski definition) is 1. The second-order valence-electron chi connectivity index (χ2n) is 4.70. The summed E-state index contributed by atoms with van der Waals surface area (Å²) in [6.07, 6.45) is 3.82. The number of fused-ring (bicyclic) bond motifs is 1. The van der Waals surface area contributed by atoms with Gasteiger partial charge in [-0.3, -0.25) is 4.98 Å². The van der Waals surface area contributed by atoms with E-state index in [1.54, 1.807) is 6.20 Å². The third-order valence-corrected chi connectivity index (χ3v) is 3.17. The number of aromatic nitrogens is 3. The third-order valence-electron chi connectivity index (χ3n) is 3.17. The van der Waals surface area contributed by atoms with Crippen molar-refractivity contribution in [3.05, 3.63) is 47.5 Å². The maximum atomic E-state index is 4.61. The Labute approximate surface area is 106 Å². The van der Waals surface area contributed by atoms with Crippen molar-refractivity contribution in [2.75, 3.05) is 0 Å². The SMILES string of the molecule is Cc1ccc2[nH]cc(-c3nc(C)cnc3C)c2c1. The summed E-state index contributed by atoms with van der Waals surface area (Å²) in [6.45, 7) is 6.07. The summed E-state index contributed by atoms with van der Waals surface area (Å²) in [5, 5.41) is 1.21. The number of aromatic amines is 1. The summed E-state index contributed by atoms with van der Waals surface area (Å²) >= 11 is 0. The van der Waals surface area contributed by atoms with Crippen molar-refractivity contribution in [2.24, 2.45) is 0 Å². The first-order valence-corrected chi connectivity index (χ1v) is 6.03. The van der Waals surface area contributed by atoms with Crippen LogP contribution in [0.5, 0.6) is 0 Å². The van der Waals surface area contributed by atoms with E-state index in [-0.39, 0.29) is 0 Å². The van der Waals surface area contributed by atoms with Crippen LogP contribution >= 0.6 is 0 Å². The van der Waals surface area contributed by atoms with Crippen molar-refractivity contribution >= 4 is 10.9 Å². The van der Waals surface area contributed by atoms with Crippen molar-refractivity contribution in [3.8, 4) is 11.3 Å². The van der Waals surface area contributed by atoms with Crippen LogP contribution in [0.25, 0.3) is 22.2 Å². The van der Waals surface area contributed by atoms with E-state index in [0.717, 1.165) is 28.2 Å². The van der Waals surface area contributed by atoms with E-state index in [2.05, 4.69) is 40.1 Å². The molecule has 3 rings (SSSR count). The minimum Gasteiger partial charge on any atom is -0.360 e. The fourth-order valence-corrected chi connectivity index (χ4v) is 2.22. The van der Waals surface area contributed by atoms with Crippen LogP contribution in [0.4, 0.5) is 0 Å². The molecule has 0 amide bonds. The number of aryl methyl sites for hydroxylation is 3. The van der Waals surface area contributed by atoms with Gasteiger partial charge in [-0.1, -0.05) is 11.6 Å². The van der Waals surface area contributed by atoms with E-state index in [1.165, 1.54) is 10.9 Å². The predicted octanol–water partition coefficient (Wildman–Crippen LogP) is 3.55. The molecule has 0 unspecified atom stereocenters. The molecule has 18 heavy (non-hydrogen) atoms. The molecule has 2 aromatic heterocycles. The van der Waals surface area contributed by atoms with Gasteiger partial charge in [-0.2, -0.15) is 0 Å². The minimum atomic E-state index is 0.942. The highest BCUT2D eigenvalue weighted by molar-refractivity contribution is 5.95. The summed E-state index contributed by atoms with van der Waals surface area (Å²) in [6, 6.07) is 6.40. The Morgan fingerprint density at radius 3 is 2.78 bits per heavy atom. The molecule has 0 bridgehead atoms. The second kappa shape index (κ2) is 3.95. The van der Waals surface area contributed by atoms with Crippen LogP contribution < -0.4 is 0 Å². The molecular formula is C15H15N3. The second-order valence-corrected chi connectivity index (χ2v) is 4.70. The number of rotatable bonds is 1. The summed E-state index contributed by atoms with van der Waals surface area (Å²) < 4.78 is 0. The Balaban J connectivity index is 2.31. The van der Waals surface area contributed by atoms with E-state index in [0.29, 0.717) is 0 Å². The first-order chi connectivity index (χ1) is 8.65. The fourth-order valence-electron chi connectivity index (χ4n) is 2.22. The van der Waals surface area contributed by atoms with E-state index >= 15 is 0 Å². The highest BCUT2D eigenvalue weighted by atomic mass is 14.8. The lowest BCUT2D eigenvalue weighted by atomic mass is 10.1. The van der Waals surface area contributed by atoms with Gasteiger partial charge in [0, 0.05) is 28.9 Å². The van der Waals surface area contributed by atoms with Crippen LogP contribution in [0.1, 0.15) is 17.0 Å². The molecule has 3 nitrogen and oxygen atoms in total. The average molecular weight is 237 g/mol. The predicted molar refractivity (Wildman–Crippen MR) is 73.5 cm³/mol. The van der Waals surface area contributed by atoms with Gasteiger partial charge < -0.3 is 4.98 Å². The largest absolute Gasteiger partial charge is 0.360 e. The monoisotopic (exact) mass is 237 g/mol. The van der Waals surface area contributed by atoms with Gasteiger partial charge in [0.15, 0.2) is 0 Å². The summed E-state index contributed by atoms with van der Waals surface area (Å²) in [4.78, 5) is 12.3. The zero-order chi connectivity index (χ0) is 12.7. The van der Waals surface area contributed by atoms with E-state index in [1.807, 2.05) is 20.0 Å². The van der Waals surface area contributed by atoms with Gasteiger partial charge in [0.2, 0.25) is 0 Å². The maximum Gasteiger partial charge on any atom is 0.0939 e. The number of nitrogens with zero attached hydrogens (tertiary/aromatic N) is 2. The molecule has 3 aromatic rings. The molecule has 0 radical (unpaired) electrons. The lowest BCUT2D eigenvalue weighted by Crippen LogP contribution is -1.93.